The summed E-state index contributed by atoms with van der Waals surface area (Å²) >= 11 is -1.86. The molecule has 0 saturated heterocycles. The number of halogens is 1. The molecular formula is C3H3IO6S. The van der Waals surface area contributed by atoms with E-state index in [0.29, 0.717) is 4.08 Å². The number of hydrogen-bond donors (Lipinski definition) is 2. The molecule has 0 aliphatic carbocycles. The van der Waals surface area contributed by atoms with E-state index in [-0.39, 0.29) is 0 Å². The highest BCUT2D eigenvalue weighted by molar-refractivity contribution is 14.2. The van der Waals surface area contributed by atoms with Gasteiger partial charge in [-0.25, -0.2) is 4.79 Å². The van der Waals surface area contributed by atoms with E-state index in [2.05, 4.69) is 0 Å². The first-order chi connectivity index (χ1) is 4.89. The van der Waals surface area contributed by atoms with E-state index in [1.165, 1.54) is 0 Å². The van der Waals surface area contributed by atoms with E-state index in [0.717, 1.165) is 0 Å². The molecule has 2 N–H and O–H groups in total. The first kappa shape index (κ1) is 10.7. The number of carboxylic acid groups (broad SMARTS) is 1. The number of carbonyl (C=O) groups is 1. The van der Waals surface area contributed by atoms with Gasteiger partial charge in [-0.05, 0) is 0 Å². The Balaban J connectivity index is 5.11. The molecule has 0 aliphatic heterocycles. The molecule has 0 aromatic heterocycles. The molecule has 0 heterocycles. The molecule has 0 bridgehead atoms. The van der Waals surface area contributed by atoms with Gasteiger partial charge in [0.1, 0.15) is 0 Å². The Labute approximate surface area is 72.3 Å². The fraction of sp³-hybridized carbons (Fsp3) is 0. The fourth-order valence-electron chi connectivity index (χ4n) is 0.254. The molecule has 0 unspecified atom stereocenters. The van der Waals surface area contributed by atoms with E-state index in [9.17, 15) is 16.3 Å². The molecule has 0 aromatic rings. The minimum Gasteiger partial charge on any atom is -0.477 e. The van der Waals surface area contributed by atoms with Crippen molar-refractivity contribution in [2.45, 2.75) is 0 Å². The Morgan fingerprint density at radius 1 is 1.45 bits per heavy atom. The second kappa shape index (κ2) is 3.88. The van der Waals surface area contributed by atoms with Gasteiger partial charge in [-0.1, -0.05) is 0 Å². The molecule has 0 saturated carbocycles. The summed E-state index contributed by atoms with van der Waals surface area (Å²) in [7, 11) is -4.74. The third-order valence-electron chi connectivity index (χ3n) is 0.632. The van der Waals surface area contributed by atoms with Gasteiger partial charge in [-0.3, -0.25) is 7.62 Å². The van der Waals surface area contributed by atoms with Gasteiger partial charge in [0.05, 0.1) is 0 Å². The summed E-state index contributed by atoms with van der Waals surface area (Å²) in [5.74, 6) is -1.82. The summed E-state index contributed by atoms with van der Waals surface area (Å²) in [5, 5.41) is 8.11. The van der Waals surface area contributed by atoms with Crippen molar-refractivity contribution in [3.05, 3.63) is 8.99 Å². The molecule has 0 aliphatic rings. The second-order valence-corrected chi connectivity index (χ2v) is 3.86. The van der Waals surface area contributed by atoms with Crippen LogP contribution in [0.25, 0.3) is 0 Å². The summed E-state index contributed by atoms with van der Waals surface area (Å²) < 4.78 is 38.8. The lowest BCUT2D eigenvalue weighted by Gasteiger charge is -1.92. The third kappa shape index (κ3) is 3.53. The van der Waals surface area contributed by atoms with Crippen molar-refractivity contribution < 1.29 is 25.9 Å². The molecule has 0 rings (SSSR count). The van der Waals surface area contributed by atoms with Crippen LogP contribution < -0.4 is 0 Å². The Morgan fingerprint density at radius 2 is 1.91 bits per heavy atom. The highest BCUT2D eigenvalue weighted by Gasteiger charge is 2.21. The van der Waals surface area contributed by atoms with E-state index in [4.69, 9.17) is 9.66 Å². The van der Waals surface area contributed by atoms with Gasteiger partial charge < -0.3 is 5.11 Å². The average molecular weight is 294 g/mol. The van der Waals surface area contributed by atoms with Gasteiger partial charge in [0.25, 0.3) is 0 Å². The highest BCUT2D eigenvalue weighted by atomic mass is 127. The van der Waals surface area contributed by atoms with Crippen molar-refractivity contribution >= 4 is 37.3 Å². The van der Waals surface area contributed by atoms with E-state index < -0.39 is 42.2 Å². The number of rotatable bonds is 3. The zero-order valence-corrected chi connectivity index (χ0v) is 7.86. The van der Waals surface area contributed by atoms with Crippen LogP contribution in [0.2, 0.25) is 0 Å². The Kier molecular flexibility index (Phi) is 3.75. The molecular weight excluding hydrogens is 291 g/mol. The van der Waals surface area contributed by atoms with Crippen molar-refractivity contribution in [1.29, 1.82) is 0 Å². The minimum absolute atomic E-state index is 0.483. The van der Waals surface area contributed by atoms with E-state index in [1.54, 1.807) is 0 Å². The molecule has 0 amide bonds. The standard InChI is InChI=1S/C3H3IO6S/c5-3(6)2(1-4-7)11(8,9)10/h1H,(H,5,6)(H,8,9,10)/b2-1-. The largest absolute Gasteiger partial charge is 0.477 e. The summed E-state index contributed by atoms with van der Waals surface area (Å²) in [5.41, 5.74) is 0. The lowest BCUT2D eigenvalue weighted by atomic mass is 10.7. The fourth-order valence-corrected chi connectivity index (χ4v) is 2.29. The van der Waals surface area contributed by atoms with Crippen LogP contribution in [0.5, 0.6) is 0 Å². The van der Waals surface area contributed by atoms with Crippen LogP contribution in [-0.4, -0.2) is 24.0 Å². The third-order valence-corrected chi connectivity index (χ3v) is 2.78. The quantitative estimate of drug-likeness (QED) is 0.434. The van der Waals surface area contributed by atoms with Gasteiger partial charge in [-0.2, -0.15) is 8.42 Å². The van der Waals surface area contributed by atoms with Gasteiger partial charge in [-0.15, -0.1) is 0 Å². The van der Waals surface area contributed by atoms with Crippen LogP contribution in [0, 0.1) is 0 Å². The van der Waals surface area contributed by atoms with E-state index >= 15 is 0 Å². The lowest BCUT2D eigenvalue weighted by Crippen LogP contribution is -2.10. The topological polar surface area (TPSA) is 109 Å². The predicted molar refractivity (Wildman–Crippen MR) is 42.0 cm³/mol. The SMILES string of the molecule is O=I/C=C(/C(=O)O)S(=O)(=O)O. The summed E-state index contributed by atoms with van der Waals surface area (Å²) in [6.07, 6.45) is 0. The van der Waals surface area contributed by atoms with Crippen LogP contribution in [0.15, 0.2) is 8.99 Å². The van der Waals surface area contributed by atoms with Crippen LogP contribution in [-0.2, 0) is 18.0 Å². The molecule has 0 spiro atoms. The maximum Gasteiger partial charge on any atom is 0.350 e. The van der Waals surface area contributed by atoms with Crippen molar-refractivity contribution in [1.82, 2.24) is 0 Å². The molecule has 8 heteroatoms. The number of carboxylic acids is 1. The van der Waals surface area contributed by atoms with Gasteiger partial charge in [0.2, 0.25) is 0 Å². The van der Waals surface area contributed by atoms with Crippen LogP contribution in [0.1, 0.15) is 0 Å². The maximum atomic E-state index is 10.1. The first-order valence-corrected chi connectivity index (χ1v) is 5.63. The number of hydrogen-bond acceptors (Lipinski definition) is 4. The molecule has 64 valence electrons. The molecule has 0 radical (unpaired) electrons. The summed E-state index contributed by atoms with van der Waals surface area (Å²) in [4.78, 5) is 8.77. The Hall–Kier alpha value is -0.350. The predicted octanol–water partition coefficient (Wildman–Crippen LogP) is 0.116. The minimum atomic E-state index is -4.74. The van der Waals surface area contributed by atoms with Crippen molar-refractivity contribution in [2.24, 2.45) is 0 Å². The monoisotopic (exact) mass is 294 g/mol. The van der Waals surface area contributed by atoms with Crippen molar-refractivity contribution in [3.8, 4) is 0 Å². The molecule has 0 fully saturated rings. The molecule has 0 aromatic carbocycles. The normalized spacial score (nSPS) is 13.0. The van der Waals surface area contributed by atoms with E-state index in [1.807, 2.05) is 0 Å². The van der Waals surface area contributed by atoms with Gasteiger partial charge in [0.15, 0.2) is 26.1 Å². The highest BCUT2D eigenvalue weighted by Crippen LogP contribution is 2.09. The van der Waals surface area contributed by atoms with Crippen LogP contribution in [0.4, 0.5) is 0 Å². The second-order valence-electron chi connectivity index (χ2n) is 1.34. The van der Waals surface area contributed by atoms with Gasteiger partial charge >= 0.3 is 16.1 Å². The van der Waals surface area contributed by atoms with Crippen molar-refractivity contribution in [2.75, 3.05) is 0 Å². The average Bonchev–Trinajstić information content (AvgIpc) is 1.79. The van der Waals surface area contributed by atoms with Gasteiger partial charge in [0, 0.05) is 4.08 Å². The van der Waals surface area contributed by atoms with Crippen LogP contribution in [0.3, 0.4) is 0 Å². The maximum absolute atomic E-state index is 10.1. The molecule has 11 heavy (non-hydrogen) atoms. The van der Waals surface area contributed by atoms with Crippen molar-refractivity contribution in [3.63, 3.8) is 0 Å². The lowest BCUT2D eigenvalue weighted by molar-refractivity contribution is -0.131. The Bertz CT molecular complexity index is 300. The Morgan fingerprint density at radius 3 is 2.00 bits per heavy atom. The first-order valence-electron chi connectivity index (χ1n) is 2.06. The summed E-state index contributed by atoms with van der Waals surface area (Å²) in [6.45, 7) is 0. The number of aliphatic carboxylic acids is 1. The molecule has 6 nitrogen and oxygen atoms in total. The molecule has 0 atom stereocenters. The zero-order valence-electron chi connectivity index (χ0n) is 4.89. The van der Waals surface area contributed by atoms with Crippen LogP contribution >= 0.6 is 21.2 Å². The summed E-state index contributed by atoms with van der Waals surface area (Å²) in [6, 6.07) is 0. The zero-order chi connectivity index (χ0) is 9.07. The smallest absolute Gasteiger partial charge is 0.350 e.